The molecule has 0 unspecified atom stereocenters. The van der Waals surface area contributed by atoms with Crippen LogP contribution < -0.4 is 10.2 Å². The first-order chi connectivity index (χ1) is 16.3. The number of aromatic nitrogens is 2. The van der Waals surface area contributed by atoms with Crippen molar-refractivity contribution < 1.29 is 9.59 Å². The van der Waals surface area contributed by atoms with Gasteiger partial charge >= 0.3 is 6.03 Å². The highest BCUT2D eigenvalue weighted by Gasteiger charge is 2.32. The van der Waals surface area contributed by atoms with E-state index in [-0.39, 0.29) is 11.9 Å². The van der Waals surface area contributed by atoms with E-state index in [1.807, 2.05) is 10.7 Å². The van der Waals surface area contributed by atoms with Gasteiger partial charge in [0.25, 0.3) is 0 Å². The Labute approximate surface area is 202 Å². The molecule has 2 atom stereocenters. The standard InChI is InChI=1S/C27H39N5O2/c1-19-14-21(6-11-30(19)18-20-4-9-27(2,3)10-5-20)15-22-7-13-32-23(16-22)24(17-28-32)31-12-8-25(33)29-26(31)34/h7,13,16-17,19-21H,4-6,8-12,14-15,18H2,1-3H3,(H,29,33,34)/t19-,21+/m0/s1. The van der Waals surface area contributed by atoms with Crippen LogP contribution in [0, 0.1) is 17.3 Å². The molecule has 2 aliphatic heterocycles. The molecule has 1 aliphatic carbocycles. The molecule has 4 heterocycles. The first-order valence-corrected chi connectivity index (χ1v) is 13.1. The van der Waals surface area contributed by atoms with Crippen molar-refractivity contribution in [2.45, 2.75) is 78.2 Å². The summed E-state index contributed by atoms with van der Waals surface area (Å²) in [5, 5.41) is 6.84. The average molecular weight is 466 g/mol. The van der Waals surface area contributed by atoms with Crippen molar-refractivity contribution in [1.29, 1.82) is 0 Å². The molecule has 7 nitrogen and oxygen atoms in total. The van der Waals surface area contributed by atoms with Crippen molar-refractivity contribution in [2.75, 3.05) is 24.5 Å². The van der Waals surface area contributed by atoms with E-state index in [9.17, 15) is 9.59 Å². The quantitative estimate of drug-likeness (QED) is 0.698. The van der Waals surface area contributed by atoms with E-state index in [0.29, 0.717) is 30.3 Å². The zero-order valence-corrected chi connectivity index (χ0v) is 20.9. The van der Waals surface area contributed by atoms with E-state index in [2.05, 4.69) is 48.2 Å². The summed E-state index contributed by atoms with van der Waals surface area (Å²) in [4.78, 5) is 28.2. The number of pyridine rings is 1. The lowest BCUT2D eigenvalue weighted by atomic mass is 9.73. The Bertz CT molecular complexity index is 1050. The molecular weight excluding hydrogens is 426 g/mol. The first kappa shape index (κ1) is 23.3. The van der Waals surface area contributed by atoms with Gasteiger partial charge in [0.1, 0.15) is 0 Å². The van der Waals surface area contributed by atoms with Crippen LogP contribution in [0.3, 0.4) is 0 Å². The number of likely N-dealkylation sites (tertiary alicyclic amines) is 1. The highest BCUT2D eigenvalue weighted by atomic mass is 16.2. The number of piperidine rings is 1. The number of amides is 3. The van der Waals surface area contributed by atoms with Gasteiger partial charge in [-0.05, 0) is 93.4 Å². The van der Waals surface area contributed by atoms with E-state index >= 15 is 0 Å². The molecular formula is C27H39N5O2. The molecule has 0 bridgehead atoms. The van der Waals surface area contributed by atoms with Crippen molar-refractivity contribution in [3.63, 3.8) is 0 Å². The van der Waals surface area contributed by atoms with Crippen LogP contribution in [-0.4, -0.2) is 52.1 Å². The van der Waals surface area contributed by atoms with E-state index in [0.717, 1.165) is 23.5 Å². The fourth-order valence-electron chi connectivity index (χ4n) is 6.22. The fourth-order valence-corrected chi connectivity index (χ4v) is 6.22. The number of urea groups is 1. The second-order valence-corrected chi connectivity index (χ2v) is 11.7. The van der Waals surface area contributed by atoms with Gasteiger partial charge in [-0.25, -0.2) is 9.31 Å². The molecule has 0 aromatic carbocycles. The highest BCUT2D eigenvalue weighted by molar-refractivity contribution is 6.07. The summed E-state index contributed by atoms with van der Waals surface area (Å²) in [6.07, 6.45) is 13.1. The molecule has 2 aromatic heterocycles. The van der Waals surface area contributed by atoms with Crippen LogP contribution in [0.4, 0.5) is 10.5 Å². The summed E-state index contributed by atoms with van der Waals surface area (Å²) >= 11 is 0. The maximum absolute atomic E-state index is 12.3. The van der Waals surface area contributed by atoms with Crippen molar-refractivity contribution in [3.8, 4) is 0 Å². The Balaban J connectivity index is 1.20. The number of anilines is 1. The molecule has 34 heavy (non-hydrogen) atoms. The Morgan fingerprint density at radius 2 is 1.91 bits per heavy atom. The monoisotopic (exact) mass is 465 g/mol. The van der Waals surface area contributed by atoms with Crippen LogP contribution in [0.15, 0.2) is 24.5 Å². The third-order valence-corrected chi connectivity index (χ3v) is 8.51. The van der Waals surface area contributed by atoms with Gasteiger partial charge in [0, 0.05) is 31.7 Å². The number of fused-ring (bicyclic) bond motifs is 1. The normalized spacial score (nSPS) is 26.7. The summed E-state index contributed by atoms with van der Waals surface area (Å²) in [5.41, 5.74) is 3.53. The third kappa shape index (κ3) is 4.99. The van der Waals surface area contributed by atoms with Crippen LogP contribution in [0.25, 0.3) is 5.52 Å². The molecule has 1 saturated carbocycles. The molecule has 3 fully saturated rings. The summed E-state index contributed by atoms with van der Waals surface area (Å²) in [6.45, 7) is 10.1. The Morgan fingerprint density at radius 1 is 1.12 bits per heavy atom. The SMILES string of the molecule is C[C@H]1C[C@H](Cc2ccn3ncc(N4CCC(=O)NC4=O)c3c2)CCN1CC1CCC(C)(C)CC1. The number of hydrogen-bond donors (Lipinski definition) is 1. The second-order valence-electron chi connectivity index (χ2n) is 11.7. The predicted molar refractivity (Wildman–Crippen MR) is 134 cm³/mol. The zero-order valence-electron chi connectivity index (χ0n) is 20.9. The Morgan fingerprint density at radius 3 is 2.65 bits per heavy atom. The van der Waals surface area contributed by atoms with Crippen LogP contribution in [-0.2, 0) is 11.2 Å². The lowest BCUT2D eigenvalue weighted by Crippen LogP contribution is -2.49. The number of rotatable bonds is 5. The number of carbonyl (C=O) groups is 2. The first-order valence-electron chi connectivity index (χ1n) is 13.1. The van der Waals surface area contributed by atoms with Gasteiger partial charge in [0.2, 0.25) is 5.91 Å². The van der Waals surface area contributed by atoms with Gasteiger partial charge in [-0.3, -0.25) is 15.0 Å². The van der Waals surface area contributed by atoms with Gasteiger partial charge in [0.05, 0.1) is 17.4 Å². The van der Waals surface area contributed by atoms with Crippen LogP contribution in [0.2, 0.25) is 0 Å². The maximum Gasteiger partial charge on any atom is 0.328 e. The number of nitrogens with zero attached hydrogens (tertiary/aromatic N) is 4. The second kappa shape index (κ2) is 9.33. The highest BCUT2D eigenvalue weighted by Crippen LogP contribution is 2.39. The summed E-state index contributed by atoms with van der Waals surface area (Å²) < 4.78 is 1.82. The van der Waals surface area contributed by atoms with Crippen molar-refractivity contribution >= 4 is 23.1 Å². The topological polar surface area (TPSA) is 70.0 Å². The molecule has 2 aromatic rings. The van der Waals surface area contributed by atoms with Crippen LogP contribution >= 0.6 is 0 Å². The number of carbonyl (C=O) groups excluding carboxylic acids is 2. The van der Waals surface area contributed by atoms with Gasteiger partial charge < -0.3 is 4.90 Å². The van der Waals surface area contributed by atoms with Gasteiger partial charge in [0.15, 0.2) is 0 Å². The largest absolute Gasteiger partial charge is 0.328 e. The molecule has 0 radical (unpaired) electrons. The molecule has 3 amide bonds. The molecule has 1 N–H and O–H groups in total. The Kier molecular flexibility index (Phi) is 6.40. The minimum Gasteiger partial charge on any atom is -0.300 e. The Hall–Kier alpha value is -2.41. The smallest absolute Gasteiger partial charge is 0.300 e. The minimum atomic E-state index is -0.362. The summed E-state index contributed by atoms with van der Waals surface area (Å²) in [5.74, 6) is 1.34. The number of imide groups is 1. The molecule has 7 heteroatoms. The maximum atomic E-state index is 12.3. The lowest BCUT2D eigenvalue weighted by molar-refractivity contribution is -0.120. The third-order valence-electron chi connectivity index (χ3n) is 8.51. The molecule has 184 valence electrons. The molecule has 3 aliphatic rings. The van der Waals surface area contributed by atoms with E-state index in [1.165, 1.54) is 57.2 Å². The minimum absolute atomic E-state index is 0.216. The van der Waals surface area contributed by atoms with E-state index in [4.69, 9.17) is 0 Å². The molecule has 0 spiro atoms. The molecule has 5 rings (SSSR count). The average Bonchev–Trinajstić information content (AvgIpc) is 3.20. The van der Waals surface area contributed by atoms with Crippen molar-refractivity contribution in [2.24, 2.45) is 17.3 Å². The molecule has 2 saturated heterocycles. The summed E-state index contributed by atoms with van der Waals surface area (Å²) in [6, 6.07) is 4.61. The van der Waals surface area contributed by atoms with Gasteiger partial charge in [-0.15, -0.1) is 0 Å². The van der Waals surface area contributed by atoms with Crippen molar-refractivity contribution in [3.05, 3.63) is 30.1 Å². The van der Waals surface area contributed by atoms with Crippen molar-refractivity contribution in [1.82, 2.24) is 19.8 Å². The fraction of sp³-hybridized carbons (Fsp3) is 0.667. The summed E-state index contributed by atoms with van der Waals surface area (Å²) in [7, 11) is 0. The van der Waals surface area contributed by atoms with Crippen LogP contribution in [0.5, 0.6) is 0 Å². The van der Waals surface area contributed by atoms with E-state index in [1.54, 1.807) is 11.1 Å². The predicted octanol–water partition coefficient (Wildman–Crippen LogP) is 4.64. The number of nitrogens with one attached hydrogen (secondary N) is 1. The van der Waals surface area contributed by atoms with Gasteiger partial charge in [-0.2, -0.15) is 5.10 Å². The number of hydrogen-bond acceptors (Lipinski definition) is 4. The lowest BCUT2D eigenvalue weighted by Gasteiger charge is -2.42. The zero-order chi connectivity index (χ0) is 23.9. The van der Waals surface area contributed by atoms with E-state index < -0.39 is 0 Å². The van der Waals surface area contributed by atoms with Gasteiger partial charge in [-0.1, -0.05) is 13.8 Å². The van der Waals surface area contributed by atoms with Crippen LogP contribution in [0.1, 0.15) is 71.3 Å².